The van der Waals surface area contributed by atoms with E-state index in [1.165, 1.54) is 25.7 Å². The molecule has 0 bridgehead atoms. The predicted octanol–water partition coefficient (Wildman–Crippen LogP) is 2.82. The zero-order valence-electron chi connectivity index (χ0n) is 9.25. The van der Waals surface area contributed by atoms with Crippen LogP contribution >= 0.6 is 0 Å². The summed E-state index contributed by atoms with van der Waals surface area (Å²) in [6, 6.07) is 5.52. The van der Waals surface area contributed by atoms with Crippen LogP contribution in [0.25, 0.3) is 0 Å². The largest absolute Gasteiger partial charge is 0.449 e. The van der Waals surface area contributed by atoms with Gasteiger partial charge in [0.2, 0.25) is 5.76 Å². The Hall–Kier alpha value is -1.27. The minimum atomic E-state index is 0.387. The van der Waals surface area contributed by atoms with Crippen molar-refractivity contribution in [1.29, 1.82) is 5.26 Å². The maximum Gasteiger partial charge on any atom is 0.203 e. The lowest BCUT2D eigenvalue weighted by atomic mass is 10.2. The van der Waals surface area contributed by atoms with Crippen LogP contribution in [0.1, 0.15) is 44.1 Å². The van der Waals surface area contributed by atoms with Crippen LogP contribution < -0.4 is 5.32 Å². The Balaban J connectivity index is 2.07. The van der Waals surface area contributed by atoms with Crippen LogP contribution in [0, 0.1) is 11.3 Å². The molecule has 0 radical (unpaired) electrons. The van der Waals surface area contributed by atoms with Gasteiger partial charge >= 0.3 is 0 Å². The molecule has 82 valence electrons. The number of nitrogens with zero attached hydrogens (tertiary/aromatic N) is 1. The fourth-order valence-electron chi connectivity index (χ4n) is 1.42. The zero-order valence-corrected chi connectivity index (χ0v) is 9.25. The lowest BCUT2D eigenvalue weighted by Gasteiger charge is -2.01. The van der Waals surface area contributed by atoms with Gasteiger partial charge in [-0.3, -0.25) is 0 Å². The SMILES string of the molecule is CCCCCCNCc1ccc(C#N)o1. The van der Waals surface area contributed by atoms with Crippen molar-refractivity contribution in [1.82, 2.24) is 5.32 Å². The van der Waals surface area contributed by atoms with Crippen LogP contribution in [0.3, 0.4) is 0 Å². The molecule has 3 heteroatoms. The third kappa shape index (κ3) is 4.66. The standard InChI is InChI=1S/C12H18N2O/c1-2-3-4-5-8-14-10-12-7-6-11(9-13)15-12/h6-7,14H,2-5,8,10H2,1H3. The normalized spacial score (nSPS) is 10.1. The monoisotopic (exact) mass is 206 g/mol. The first-order valence-electron chi connectivity index (χ1n) is 5.56. The minimum absolute atomic E-state index is 0.387. The number of hydrogen-bond donors (Lipinski definition) is 1. The molecule has 0 saturated carbocycles. The predicted molar refractivity (Wildman–Crippen MR) is 59.3 cm³/mol. The van der Waals surface area contributed by atoms with Crippen molar-refractivity contribution >= 4 is 0 Å². The highest BCUT2D eigenvalue weighted by Crippen LogP contribution is 2.05. The molecule has 0 aliphatic carbocycles. The molecule has 1 aromatic heterocycles. The molecule has 0 aliphatic rings. The minimum Gasteiger partial charge on any atom is -0.449 e. The van der Waals surface area contributed by atoms with E-state index in [2.05, 4.69) is 12.2 Å². The van der Waals surface area contributed by atoms with E-state index in [0.29, 0.717) is 12.3 Å². The van der Waals surface area contributed by atoms with Crippen LogP contribution in [-0.2, 0) is 6.54 Å². The molecular formula is C12H18N2O. The van der Waals surface area contributed by atoms with Crippen molar-refractivity contribution in [3.63, 3.8) is 0 Å². The topological polar surface area (TPSA) is 49.0 Å². The van der Waals surface area contributed by atoms with Gasteiger partial charge in [-0.25, -0.2) is 0 Å². The molecule has 0 atom stereocenters. The van der Waals surface area contributed by atoms with Gasteiger partial charge in [0, 0.05) is 0 Å². The van der Waals surface area contributed by atoms with Gasteiger partial charge in [0.25, 0.3) is 0 Å². The summed E-state index contributed by atoms with van der Waals surface area (Å²) in [6.45, 7) is 3.94. The highest BCUT2D eigenvalue weighted by atomic mass is 16.3. The molecule has 0 aliphatic heterocycles. The van der Waals surface area contributed by atoms with Gasteiger partial charge in [0.15, 0.2) is 0 Å². The number of nitrogens with one attached hydrogen (secondary N) is 1. The zero-order chi connectivity index (χ0) is 10.9. The molecule has 1 rings (SSSR count). The molecular weight excluding hydrogens is 188 g/mol. The molecule has 1 heterocycles. The average Bonchev–Trinajstić information content (AvgIpc) is 2.71. The van der Waals surface area contributed by atoms with Crippen LogP contribution in [0.2, 0.25) is 0 Å². The highest BCUT2D eigenvalue weighted by molar-refractivity contribution is 5.18. The average molecular weight is 206 g/mol. The molecule has 0 aromatic carbocycles. The van der Waals surface area contributed by atoms with E-state index in [9.17, 15) is 0 Å². The Morgan fingerprint density at radius 3 is 2.87 bits per heavy atom. The molecule has 0 amide bonds. The molecule has 15 heavy (non-hydrogen) atoms. The van der Waals surface area contributed by atoms with Crippen LogP contribution in [0.5, 0.6) is 0 Å². The number of nitriles is 1. The fourth-order valence-corrected chi connectivity index (χ4v) is 1.42. The van der Waals surface area contributed by atoms with Crippen molar-refractivity contribution in [2.24, 2.45) is 0 Å². The summed E-state index contributed by atoms with van der Waals surface area (Å²) in [5, 5.41) is 11.9. The highest BCUT2D eigenvalue weighted by Gasteiger charge is 1.99. The number of rotatable bonds is 7. The summed E-state index contributed by atoms with van der Waals surface area (Å²) in [6.07, 6.45) is 5.06. The fraction of sp³-hybridized carbons (Fsp3) is 0.583. The smallest absolute Gasteiger partial charge is 0.203 e. The number of furan rings is 1. The molecule has 1 N–H and O–H groups in total. The Kier molecular flexibility index (Phi) is 5.57. The van der Waals surface area contributed by atoms with E-state index in [1.54, 1.807) is 6.07 Å². The van der Waals surface area contributed by atoms with Gasteiger partial charge in [-0.05, 0) is 25.1 Å². The van der Waals surface area contributed by atoms with Crippen molar-refractivity contribution < 1.29 is 4.42 Å². The van der Waals surface area contributed by atoms with E-state index < -0.39 is 0 Å². The second-order valence-corrected chi connectivity index (χ2v) is 3.62. The van der Waals surface area contributed by atoms with Gasteiger partial charge in [0.1, 0.15) is 11.8 Å². The molecule has 0 spiro atoms. The second kappa shape index (κ2) is 7.08. The van der Waals surface area contributed by atoms with Crippen molar-refractivity contribution in [2.75, 3.05) is 6.54 Å². The first-order chi connectivity index (χ1) is 7.36. The van der Waals surface area contributed by atoms with Gasteiger partial charge < -0.3 is 9.73 Å². The molecule has 3 nitrogen and oxygen atoms in total. The van der Waals surface area contributed by atoms with Crippen LogP contribution in [0.15, 0.2) is 16.5 Å². The molecule has 0 fully saturated rings. The van der Waals surface area contributed by atoms with E-state index in [0.717, 1.165) is 12.3 Å². The van der Waals surface area contributed by atoms with Gasteiger partial charge in [-0.1, -0.05) is 26.2 Å². The quantitative estimate of drug-likeness (QED) is 0.698. The van der Waals surface area contributed by atoms with Gasteiger partial charge in [0.05, 0.1) is 6.54 Å². The Labute approximate surface area is 91.1 Å². The molecule has 1 aromatic rings. The van der Waals surface area contributed by atoms with Crippen molar-refractivity contribution in [3.8, 4) is 6.07 Å². The van der Waals surface area contributed by atoms with Crippen molar-refractivity contribution in [3.05, 3.63) is 23.7 Å². The molecule has 0 saturated heterocycles. The number of unbranched alkanes of at least 4 members (excludes halogenated alkanes) is 3. The Morgan fingerprint density at radius 1 is 1.33 bits per heavy atom. The Morgan fingerprint density at radius 2 is 2.20 bits per heavy atom. The summed E-state index contributed by atoms with van der Waals surface area (Å²) >= 11 is 0. The van der Waals surface area contributed by atoms with Gasteiger partial charge in [-0.2, -0.15) is 5.26 Å². The third-order valence-electron chi connectivity index (χ3n) is 2.28. The summed E-state index contributed by atoms with van der Waals surface area (Å²) < 4.78 is 5.24. The second-order valence-electron chi connectivity index (χ2n) is 3.62. The third-order valence-corrected chi connectivity index (χ3v) is 2.28. The maximum atomic E-state index is 8.56. The summed E-state index contributed by atoms with van der Waals surface area (Å²) in [5.74, 6) is 1.22. The van der Waals surface area contributed by atoms with E-state index >= 15 is 0 Å². The summed E-state index contributed by atoms with van der Waals surface area (Å²) in [7, 11) is 0. The lowest BCUT2D eigenvalue weighted by Crippen LogP contribution is -2.14. The van der Waals surface area contributed by atoms with Crippen LogP contribution in [0.4, 0.5) is 0 Å². The van der Waals surface area contributed by atoms with E-state index in [4.69, 9.17) is 9.68 Å². The van der Waals surface area contributed by atoms with Gasteiger partial charge in [-0.15, -0.1) is 0 Å². The first kappa shape index (κ1) is 11.8. The Bertz CT molecular complexity index is 312. The summed E-state index contributed by atoms with van der Waals surface area (Å²) in [4.78, 5) is 0. The lowest BCUT2D eigenvalue weighted by molar-refractivity contribution is 0.469. The summed E-state index contributed by atoms with van der Waals surface area (Å²) in [5.41, 5.74) is 0. The van der Waals surface area contributed by atoms with E-state index in [-0.39, 0.29) is 0 Å². The maximum absolute atomic E-state index is 8.56. The van der Waals surface area contributed by atoms with Crippen LogP contribution in [-0.4, -0.2) is 6.54 Å². The van der Waals surface area contributed by atoms with Crippen molar-refractivity contribution in [2.45, 2.75) is 39.2 Å². The molecule has 0 unspecified atom stereocenters. The van der Waals surface area contributed by atoms with E-state index in [1.807, 2.05) is 12.1 Å². The first-order valence-corrected chi connectivity index (χ1v) is 5.56. The number of hydrogen-bond acceptors (Lipinski definition) is 3.